The molecule has 2 amide bonds. The Kier molecular flexibility index (Phi) is 10.3. The molecule has 0 aliphatic carbocycles. The lowest BCUT2D eigenvalue weighted by molar-refractivity contribution is -0.140. The van der Waals surface area contributed by atoms with Gasteiger partial charge in [0.1, 0.15) is 23.2 Å². The van der Waals surface area contributed by atoms with Gasteiger partial charge in [0.25, 0.3) is 11.8 Å². The van der Waals surface area contributed by atoms with E-state index >= 15 is 4.39 Å². The van der Waals surface area contributed by atoms with E-state index in [1.165, 1.54) is 44.4 Å². The number of ether oxygens (including phenoxy) is 1. The number of nitrogens with zero attached hydrogens (tertiary/aromatic N) is 2. The van der Waals surface area contributed by atoms with Gasteiger partial charge in [0.2, 0.25) is 5.95 Å². The minimum Gasteiger partial charge on any atom is -0.455 e. The van der Waals surface area contributed by atoms with E-state index in [1.54, 1.807) is 0 Å². The zero-order valence-electron chi connectivity index (χ0n) is 25.9. The molecule has 244 valence electrons. The summed E-state index contributed by atoms with van der Waals surface area (Å²) in [6.45, 7) is 12.8. The molecule has 0 fully saturated rings. The molecular weight excluding hydrogens is 637 g/mol. The number of hydrogen-bond donors (Lipinski definition) is 1. The summed E-state index contributed by atoms with van der Waals surface area (Å²) in [4.78, 5) is 29.7. The maximum atomic E-state index is 15.3. The van der Waals surface area contributed by atoms with E-state index in [4.69, 9.17) is 9.16 Å². The highest BCUT2D eigenvalue weighted by Crippen LogP contribution is 2.39. The molecule has 15 heteroatoms. The Morgan fingerprint density at radius 2 is 1.64 bits per heavy atom. The predicted molar refractivity (Wildman–Crippen MR) is 162 cm³/mol. The van der Waals surface area contributed by atoms with Gasteiger partial charge in [-0.15, -0.1) is 0 Å². The molecule has 0 bridgehead atoms. The number of carbonyl (C=O) groups is 2. The third-order valence-electron chi connectivity index (χ3n) is 7.28. The number of aryl methyl sites for hydroxylation is 1. The van der Waals surface area contributed by atoms with Crippen LogP contribution in [0.25, 0.3) is 0 Å². The van der Waals surface area contributed by atoms with Crippen LogP contribution in [-0.2, 0) is 25.1 Å². The van der Waals surface area contributed by atoms with Crippen LogP contribution in [0.15, 0.2) is 57.8 Å². The number of aromatic nitrogens is 1. The highest BCUT2D eigenvalue weighted by molar-refractivity contribution is 7.93. The average molecular weight is 672 g/mol. The number of nitrogens with one attached hydrogen (secondary N) is 1. The molecule has 0 spiro atoms. The summed E-state index contributed by atoms with van der Waals surface area (Å²) in [6.07, 6.45) is -4.91. The lowest BCUT2D eigenvalue weighted by atomic mass is 10.1. The van der Waals surface area contributed by atoms with Crippen LogP contribution in [-0.4, -0.2) is 41.7 Å². The van der Waals surface area contributed by atoms with Crippen molar-refractivity contribution < 1.29 is 44.9 Å². The highest BCUT2D eigenvalue weighted by Gasteiger charge is 2.40. The summed E-state index contributed by atoms with van der Waals surface area (Å²) in [5.74, 6) is -5.56. The first-order valence-corrected chi connectivity index (χ1v) is 18.4. The zero-order chi connectivity index (χ0) is 34.1. The molecule has 0 unspecified atom stereocenters. The van der Waals surface area contributed by atoms with Crippen LogP contribution in [0.1, 0.15) is 49.3 Å². The van der Waals surface area contributed by atoms with Crippen LogP contribution >= 0.6 is 0 Å². The van der Waals surface area contributed by atoms with E-state index < -0.39 is 70.8 Å². The van der Waals surface area contributed by atoms with E-state index in [-0.39, 0.29) is 27.1 Å². The van der Waals surface area contributed by atoms with Crippen molar-refractivity contribution in [2.75, 3.05) is 11.6 Å². The molecule has 2 atom stereocenters. The number of pyridine rings is 1. The van der Waals surface area contributed by atoms with Crippen molar-refractivity contribution in [3.63, 3.8) is 0 Å². The quantitative estimate of drug-likeness (QED) is 0.147. The van der Waals surface area contributed by atoms with Gasteiger partial charge in [-0.25, -0.2) is 13.6 Å². The second-order valence-electron chi connectivity index (χ2n) is 11.9. The summed E-state index contributed by atoms with van der Waals surface area (Å²) in [7, 11) is -5.74. The molecule has 0 aliphatic heterocycles. The van der Waals surface area contributed by atoms with E-state index in [1.807, 2.05) is 33.9 Å². The second-order valence-corrected chi connectivity index (χ2v) is 18.9. The van der Waals surface area contributed by atoms with E-state index in [0.29, 0.717) is 6.07 Å². The first-order valence-electron chi connectivity index (χ1n) is 13.6. The van der Waals surface area contributed by atoms with Gasteiger partial charge in [0, 0.05) is 16.8 Å². The molecule has 45 heavy (non-hydrogen) atoms. The molecule has 0 saturated heterocycles. The predicted octanol–water partition coefficient (Wildman–Crippen LogP) is 8.13. The standard InChI is InChI=1S/C30H34F5N3O5SSi/c1-17-22(14-15-24(31)36-17)42-23-13-12-21(30(33,34)35)26(32)25(23)28(40)37-19-10-9-11-20(16-19)44(6,41)38-27(39)18(2)43-45(7,8)29(3,4)5/h9-16,18H,1-8H3,(H,37,40)/t18-,44+/m0/s1. The Hall–Kier alpha value is -3.69. The SMILES string of the molecule is Cc1nc(F)ccc1Oc1ccc(C(F)(F)F)c(F)c1C(=O)Nc1cccc([S@@](C)(=O)=NC(=O)[C@H](C)O[Si](C)(C)C(C)(C)C)c1. The maximum absolute atomic E-state index is 15.3. The first kappa shape index (κ1) is 35.8. The van der Waals surface area contributed by atoms with Gasteiger partial charge in [-0.2, -0.15) is 21.9 Å². The van der Waals surface area contributed by atoms with Gasteiger partial charge in [0.15, 0.2) is 14.1 Å². The molecule has 8 nitrogen and oxygen atoms in total. The third-order valence-corrected chi connectivity index (χ3v) is 13.5. The Morgan fingerprint density at radius 3 is 2.22 bits per heavy atom. The van der Waals surface area contributed by atoms with Crippen molar-refractivity contribution in [3.05, 3.63) is 77.1 Å². The van der Waals surface area contributed by atoms with Gasteiger partial charge >= 0.3 is 6.18 Å². The summed E-state index contributed by atoms with van der Waals surface area (Å²) in [5.41, 5.74) is -2.89. The highest BCUT2D eigenvalue weighted by atomic mass is 32.2. The Balaban J connectivity index is 1.97. The van der Waals surface area contributed by atoms with Gasteiger partial charge in [0.05, 0.1) is 21.0 Å². The summed E-state index contributed by atoms with van der Waals surface area (Å²) in [6, 6.07) is 8.50. The Morgan fingerprint density at radius 1 is 1.02 bits per heavy atom. The fourth-order valence-corrected chi connectivity index (χ4v) is 6.40. The van der Waals surface area contributed by atoms with Crippen LogP contribution in [0, 0.1) is 18.7 Å². The van der Waals surface area contributed by atoms with E-state index in [0.717, 1.165) is 18.2 Å². The van der Waals surface area contributed by atoms with Crippen molar-refractivity contribution in [2.45, 2.75) is 69.9 Å². The summed E-state index contributed by atoms with van der Waals surface area (Å²) < 4.78 is 98.3. The van der Waals surface area contributed by atoms with E-state index in [2.05, 4.69) is 14.7 Å². The fraction of sp³-hybridized carbons (Fsp3) is 0.367. The number of amides is 2. The van der Waals surface area contributed by atoms with Crippen LogP contribution < -0.4 is 10.1 Å². The number of anilines is 1. The second kappa shape index (κ2) is 13.0. The van der Waals surface area contributed by atoms with Crippen molar-refractivity contribution in [2.24, 2.45) is 4.36 Å². The number of rotatable bonds is 8. The van der Waals surface area contributed by atoms with Crippen LogP contribution in [0.5, 0.6) is 11.5 Å². The fourth-order valence-electron chi connectivity index (χ4n) is 3.79. The minimum atomic E-state index is -5.14. The van der Waals surface area contributed by atoms with Gasteiger partial charge in [-0.05, 0) is 74.4 Å². The molecule has 3 rings (SSSR count). The van der Waals surface area contributed by atoms with Crippen molar-refractivity contribution in [1.82, 2.24) is 4.98 Å². The third kappa shape index (κ3) is 8.52. The number of benzene rings is 2. The molecule has 0 saturated carbocycles. The number of alkyl halides is 3. The van der Waals surface area contributed by atoms with Gasteiger partial charge < -0.3 is 14.5 Å². The van der Waals surface area contributed by atoms with E-state index in [9.17, 15) is 31.4 Å². The normalized spacial score (nSPS) is 14.3. The van der Waals surface area contributed by atoms with Crippen LogP contribution in [0.2, 0.25) is 18.1 Å². The summed E-state index contributed by atoms with van der Waals surface area (Å²) in [5, 5.41) is 2.10. The van der Waals surface area contributed by atoms with Crippen molar-refractivity contribution in [1.29, 1.82) is 0 Å². The molecule has 0 aliphatic rings. The molecule has 2 aromatic carbocycles. The molecule has 3 aromatic rings. The number of hydrogen-bond acceptors (Lipinski definition) is 6. The number of carbonyl (C=O) groups excluding carboxylic acids is 2. The monoisotopic (exact) mass is 671 g/mol. The lowest BCUT2D eigenvalue weighted by Crippen LogP contribution is -2.45. The van der Waals surface area contributed by atoms with Crippen LogP contribution in [0.4, 0.5) is 27.6 Å². The average Bonchev–Trinajstić information content (AvgIpc) is 2.88. The molecule has 1 heterocycles. The molecule has 0 radical (unpaired) electrons. The smallest absolute Gasteiger partial charge is 0.419 e. The van der Waals surface area contributed by atoms with Crippen molar-refractivity contribution >= 4 is 35.5 Å². The van der Waals surface area contributed by atoms with Crippen molar-refractivity contribution in [3.8, 4) is 11.5 Å². The molecular formula is C30H34F5N3O5SSi. The lowest BCUT2D eigenvalue weighted by Gasteiger charge is -2.37. The number of halogens is 5. The molecule has 1 aromatic heterocycles. The minimum absolute atomic E-state index is 0.00518. The Bertz CT molecular complexity index is 1750. The first-order chi connectivity index (χ1) is 20.5. The van der Waals surface area contributed by atoms with Crippen LogP contribution in [0.3, 0.4) is 0 Å². The maximum Gasteiger partial charge on any atom is 0.419 e. The largest absolute Gasteiger partial charge is 0.455 e. The van der Waals surface area contributed by atoms with Gasteiger partial charge in [-0.3, -0.25) is 9.59 Å². The zero-order valence-corrected chi connectivity index (χ0v) is 27.7. The molecule has 1 N–H and O–H groups in total. The van der Waals surface area contributed by atoms with Gasteiger partial charge in [-0.1, -0.05) is 26.8 Å². The Labute approximate surface area is 259 Å². The topological polar surface area (TPSA) is 107 Å². The summed E-state index contributed by atoms with van der Waals surface area (Å²) >= 11 is 0.